The average molecular weight is 246 g/mol. The second-order valence-electron chi connectivity index (χ2n) is 3.84. The monoisotopic (exact) mass is 246 g/mol. The molecule has 92 valence electrons. The molecule has 0 saturated heterocycles. The van der Waals surface area contributed by atoms with Gasteiger partial charge in [0.05, 0.1) is 5.75 Å². The molecule has 0 atom stereocenters. The lowest BCUT2D eigenvalue weighted by atomic mass is 10.4. The van der Waals surface area contributed by atoms with Gasteiger partial charge in [-0.3, -0.25) is 0 Å². The van der Waals surface area contributed by atoms with Crippen LogP contribution in [0.1, 0.15) is 12.2 Å². The first-order valence-corrected chi connectivity index (χ1v) is 7.26. The van der Waals surface area contributed by atoms with E-state index < -0.39 is 9.84 Å². The fourth-order valence-electron chi connectivity index (χ4n) is 1.32. The lowest BCUT2D eigenvalue weighted by molar-refractivity contribution is 0.592. The van der Waals surface area contributed by atoms with E-state index in [1.165, 1.54) is 6.26 Å². The highest BCUT2D eigenvalue weighted by Crippen LogP contribution is 1.92. The predicted molar refractivity (Wildman–Crippen MR) is 61.9 cm³/mol. The summed E-state index contributed by atoms with van der Waals surface area (Å²) in [5.74, 6) is 1.17. The maximum atomic E-state index is 10.8. The van der Waals surface area contributed by atoms with E-state index in [4.69, 9.17) is 0 Å². The van der Waals surface area contributed by atoms with Gasteiger partial charge >= 0.3 is 0 Å². The molecule has 1 heterocycles. The zero-order valence-electron chi connectivity index (χ0n) is 9.68. The SMILES string of the molecule is Cn1cnnc1CCNCCCS(C)(=O)=O. The van der Waals surface area contributed by atoms with E-state index in [0.717, 1.165) is 18.8 Å². The highest BCUT2D eigenvalue weighted by Gasteiger charge is 2.02. The van der Waals surface area contributed by atoms with E-state index in [1.54, 1.807) is 6.33 Å². The highest BCUT2D eigenvalue weighted by atomic mass is 32.2. The van der Waals surface area contributed by atoms with E-state index in [9.17, 15) is 8.42 Å². The van der Waals surface area contributed by atoms with Gasteiger partial charge in [0.1, 0.15) is 22.0 Å². The largest absolute Gasteiger partial charge is 0.321 e. The molecule has 0 aliphatic carbocycles. The Morgan fingerprint density at radius 1 is 1.44 bits per heavy atom. The minimum atomic E-state index is -2.83. The molecular weight excluding hydrogens is 228 g/mol. The molecule has 0 aliphatic rings. The topological polar surface area (TPSA) is 76.9 Å². The number of aromatic nitrogens is 3. The molecular formula is C9H18N4O2S. The van der Waals surface area contributed by atoms with Crippen LogP contribution < -0.4 is 5.32 Å². The van der Waals surface area contributed by atoms with Crippen molar-refractivity contribution in [3.63, 3.8) is 0 Å². The third-order valence-corrected chi connectivity index (χ3v) is 3.23. The van der Waals surface area contributed by atoms with Crippen LogP contribution in [0.2, 0.25) is 0 Å². The molecule has 0 radical (unpaired) electrons. The van der Waals surface area contributed by atoms with E-state index in [0.29, 0.717) is 13.0 Å². The number of hydrogen-bond donors (Lipinski definition) is 1. The van der Waals surface area contributed by atoms with Crippen molar-refractivity contribution in [3.8, 4) is 0 Å². The summed E-state index contributed by atoms with van der Waals surface area (Å²) >= 11 is 0. The van der Waals surface area contributed by atoms with E-state index in [-0.39, 0.29) is 5.75 Å². The lowest BCUT2D eigenvalue weighted by Crippen LogP contribution is -2.21. The van der Waals surface area contributed by atoms with Crippen molar-refractivity contribution >= 4 is 9.84 Å². The fraction of sp³-hybridized carbons (Fsp3) is 0.778. The van der Waals surface area contributed by atoms with Crippen molar-refractivity contribution in [2.24, 2.45) is 7.05 Å². The van der Waals surface area contributed by atoms with Crippen LogP contribution in [0, 0.1) is 0 Å². The molecule has 0 unspecified atom stereocenters. The molecule has 1 aromatic rings. The summed E-state index contributed by atoms with van der Waals surface area (Å²) in [6, 6.07) is 0. The Morgan fingerprint density at radius 2 is 2.19 bits per heavy atom. The summed E-state index contributed by atoms with van der Waals surface area (Å²) in [6.45, 7) is 1.50. The Bertz CT molecular complexity index is 413. The summed E-state index contributed by atoms with van der Waals surface area (Å²) in [4.78, 5) is 0. The summed E-state index contributed by atoms with van der Waals surface area (Å²) in [5, 5.41) is 10.9. The Hall–Kier alpha value is -0.950. The number of sulfone groups is 1. The molecule has 0 fully saturated rings. The summed E-state index contributed by atoms with van der Waals surface area (Å²) < 4.78 is 23.6. The van der Waals surface area contributed by atoms with Gasteiger partial charge in [0, 0.05) is 26.3 Å². The standard InChI is InChI=1S/C9H18N4O2S/c1-13-8-11-12-9(13)4-6-10-5-3-7-16(2,14)15/h8,10H,3-7H2,1-2H3. The van der Waals surface area contributed by atoms with Crippen LogP contribution in [-0.2, 0) is 23.3 Å². The van der Waals surface area contributed by atoms with Gasteiger partial charge in [-0.05, 0) is 13.0 Å². The quantitative estimate of drug-likeness (QED) is 0.649. The van der Waals surface area contributed by atoms with Crippen LogP contribution >= 0.6 is 0 Å². The number of hydrogen-bond acceptors (Lipinski definition) is 5. The molecule has 7 heteroatoms. The maximum absolute atomic E-state index is 10.8. The van der Waals surface area contributed by atoms with Crippen LogP contribution in [0.25, 0.3) is 0 Å². The van der Waals surface area contributed by atoms with Gasteiger partial charge in [-0.1, -0.05) is 0 Å². The Morgan fingerprint density at radius 3 is 2.75 bits per heavy atom. The molecule has 0 aliphatic heterocycles. The van der Waals surface area contributed by atoms with Crippen LogP contribution in [-0.4, -0.2) is 48.3 Å². The van der Waals surface area contributed by atoms with Gasteiger partial charge in [-0.2, -0.15) is 0 Å². The second kappa shape index (κ2) is 5.95. The molecule has 1 aromatic heterocycles. The number of nitrogens with zero attached hydrogens (tertiary/aromatic N) is 3. The first-order valence-electron chi connectivity index (χ1n) is 5.20. The average Bonchev–Trinajstić information content (AvgIpc) is 2.56. The number of aryl methyl sites for hydroxylation is 1. The molecule has 6 nitrogen and oxygen atoms in total. The third-order valence-electron chi connectivity index (χ3n) is 2.20. The molecule has 16 heavy (non-hydrogen) atoms. The van der Waals surface area contributed by atoms with E-state index in [2.05, 4.69) is 15.5 Å². The van der Waals surface area contributed by atoms with Crippen molar-refractivity contribution in [2.75, 3.05) is 25.1 Å². The van der Waals surface area contributed by atoms with Crippen molar-refractivity contribution in [1.29, 1.82) is 0 Å². The smallest absolute Gasteiger partial charge is 0.147 e. The molecule has 0 amide bonds. The van der Waals surface area contributed by atoms with Crippen molar-refractivity contribution in [1.82, 2.24) is 20.1 Å². The van der Waals surface area contributed by atoms with Gasteiger partial charge in [0.2, 0.25) is 0 Å². The number of nitrogens with one attached hydrogen (secondary N) is 1. The van der Waals surface area contributed by atoms with Crippen LogP contribution in [0.5, 0.6) is 0 Å². The normalized spacial score (nSPS) is 11.9. The predicted octanol–water partition coefficient (Wildman–Crippen LogP) is -0.618. The first-order chi connectivity index (χ1) is 7.49. The summed E-state index contributed by atoms with van der Waals surface area (Å²) in [7, 11) is -0.926. The van der Waals surface area contributed by atoms with Crippen molar-refractivity contribution in [3.05, 3.63) is 12.2 Å². The van der Waals surface area contributed by atoms with Gasteiger partial charge in [0.25, 0.3) is 0 Å². The molecule has 0 saturated carbocycles. The zero-order valence-corrected chi connectivity index (χ0v) is 10.5. The van der Waals surface area contributed by atoms with Crippen molar-refractivity contribution in [2.45, 2.75) is 12.8 Å². The first kappa shape index (κ1) is 13.1. The third kappa shape index (κ3) is 5.22. The van der Waals surface area contributed by atoms with Crippen molar-refractivity contribution < 1.29 is 8.42 Å². The lowest BCUT2D eigenvalue weighted by Gasteiger charge is -2.03. The molecule has 1 rings (SSSR count). The second-order valence-corrected chi connectivity index (χ2v) is 6.10. The Labute approximate surface area is 96.0 Å². The van der Waals surface area contributed by atoms with Crippen LogP contribution in [0.4, 0.5) is 0 Å². The van der Waals surface area contributed by atoms with Gasteiger partial charge in [0.15, 0.2) is 0 Å². The van der Waals surface area contributed by atoms with E-state index in [1.807, 2.05) is 11.6 Å². The fourth-order valence-corrected chi connectivity index (χ4v) is 1.99. The minimum absolute atomic E-state index is 0.240. The highest BCUT2D eigenvalue weighted by molar-refractivity contribution is 7.90. The van der Waals surface area contributed by atoms with Gasteiger partial charge in [-0.25, -0.2) is 8.42 Å². The summed E-state index contributed by atoms with van der Waals surface area (Å²) in [6.07, 6.45) is 4.37. The number of rotatable bonds is 7. The summed E-state index contributed by atoms with van der Waals surface area (Å²) in [5.41, 5.74) is 0. The molecule has 0 spiro atoms. The minimum Gasteiger partial charge on any atom is -0.321 e. The van der Waals surface area contributed by atoms with Crippen LogP contribution in [0.3, 0.4) is 0 Å². The van der Waals surface area contributed by atoms with Gasteiger partial charge < -0.3 is 9.88 Å². The molecule has 0 bridgehead atoms. The van der Waals surface area contributed by atoms with Crippen LogP contribution in [0.15, 0.2) is 6.33 Å². The van der Waals surface area contributed by atoms with E-state index >= 15 is 0 Å². The maximum Gasteiger partial charge on any atom is 0.147 e. The molecule has 1 N–H and O–H groups in total. The molecule has 0 aromatic carbocycles. The Balaban J connectivity index is 2.07. The zero-order chi connectivity index (χ0) is 12.0. The Kier molecular flexibility index (Phi) is 4.88. The van der Waals surface area contributed by atoms with Gasteiger partial charge in [-0.15, -0.1) is 10.2 Å².